The third-order valence-electron chi connectivity index (χ3n) is 5.55. The molecule has 1 aliphatic heterocycles. The van der Waals surface area contributed by atoms with E-state index in [2.05, 4.69) is 44.0 Å². The van der Waals surface area contributed by atoms with E-state index in [0.717, 1.165) is 50.1 Å². The Balaban J connectivity index is 1.49. The number of allylic oxidation sites excluding steroid dienone is 2. The van der Waals surface area contributed by atoms with E-state index >= 15 is 0 Å². The number of fused-ring (bicyclic) bond motifs is 1. The van der Waals surface area contributed by atoms with Crippen molar-refractivity contribution < 1.29 is 13.9 Å². The predicted molar refractivity (Wildman–Crippen MR) is 128 cm³/mol. The molecule has 0 aliphatic carbocycles. The average Bonchev–Trinajstić information content (AvgIpc) is 3.23. The summed E-state index contributed by atoms with van der Waals surface area (Å²) >= 11 is 0. The largest absolute Gasteiger partial charge is 0.493 e. The van der Waals surface area contributed by atoms with Crippen molar-refractivity contribution in [2.24, 2.45) is 5.92 Å². The van der Waals surface area contributed by atoms with Crippen LogP contribution in [0.5, 0.6) is 5.75 Å². The van der Waals surface area contributed by atoms with Crippen molar-refractivity contribution in [3.63, 3.8) is 0 Å². The molecule has 3 rings (SSSR count). The van der Waals surface area contributed by atoms with Gasteiger partial charge in [-0.15, -0.1) is 0 Å². The summed E-state index contributed by atoms with van der Waals surface area (Å²) < 4.78 is 11.5. The van der Waals surface area contributed by atoms with E-state index in [4.69, 9.17) is 9.15 Å². The number of carbonyl (C=O) groups is 1. The molecule has 0 atom stereocenters. The molecule has 1 aliphatic rings. The first-order chi connectivity index (χ1) is 15.5. The van der Waals surface area contributed by atoms with Gasteiger partial charge >= 0.3 is 0 Å². The molecule has 0 saturated carbocycles. The normalized spacial score (nSPS) is 13.9. The molecule has 1 aromatic carbocycles. The van der Waals surface area contributed by atoms with Crippen LogP contribution in [0.1, 0.15) is 69.2 Å². The molecule has 0 saturated heterocycles. The van der Waals surface area contributed by atoms with Gasteiger partial charge in [-0.1, -0.05) is 51.8 Å². The van der Waals surface area contributed by atoms with Gasteiger partial charge in [-0.2, -0.15) is 0 Å². The lowest BCUT2D eigenvalue weighted by atomic mass is 9.99. The Labute approximate surface area is 192 Å². The van der Waals surface area contributed by atoms with Gasteiger partial charge in [0.2, 0.25) is 11.8 Å². The molecule has 0 N–H and O–H groups in total. The minimum absolute atomic E-state index is 0.0994. The zero-order valence-electron chi connectivity index (χ0n) is 19.7. The zero-order chi connectivity index (χ0) is 22.8. The molecule has 0 spiro atoms. The third kappa shape index (κ3) is 7.40. The Morgan fingerprint density at radius 1 is 1.28 bits per heavy atom. The van der Waals surface area contributed by atoms with Crippen molar-refractivity contribution in [1.29, 1.82) is 0 Å². The van der Waals surface area contributed by atoms with Crippen LogP contribution in [-0.4, -0.2) is 28.9 Å². The van der Waals surface area contributed by atoms with E-state index < -0.39 is 0 Å². The summed E-state index contributed by atoms with van der Waals surface area (Å²) in [4.78, 5) is 18.9. The quantitative estimate of drug-likeness (QED) is 0.321. The average molecular weight is 437 g/mol. The minimum atomic E-state index is 0.0994. The van der Waals surface area contributed by atoms with Gasteiger partial charge in [0.05, 0.1) is 12.3 Å². The van der Waals surface area contributed by atoms with Crippen LogP contribution in [0, 0.1) is 5.92 Å². The summed E-state index contributed by atoms with van der Waals surface area (Å²) in [6.07, 6.45) is 15.3. The number of carbonyl (C=O) groups excluding carboxylic acids is 1. The Hall–Kier alpha value is -2.82. The Kier molecular flexibility index (Phi) is 9.14. The SMILES string of the molecule is CCCCC=CC(=O)N1CCc2ccc(OCCc3coc(/C=C/CC(C)C)n3)cc2C1. The van der Waals surface area contributed by atoms with Gasteiger partial charge in [0.15, 0.2) is 0 Å². The molecular weight excluding hydrogens is 400 g/mol. The van der Waals surface area contributed by atoms with Crippen LogP contribution in [0.4, 0.5) is 0 Å². The molecule has 32 heavy (non-hydrogen) atoms. The standard InChI is InChI=1S/C27H36N2O3/c1-4-5-6-7-11-27(30)29-16-14-22-12-13-25(18-23(22)19-29)31-17-15-24-20-32-26(28-24)10-8-9-21(2)3/h7-8,10-13,18,20-21H,4-6,9,14-17,19H2,1-3H3/b10-8+,11-7?. The smallest absolute Gasteiger partial charge is 0.246 e. The molecule has 1 aromatic heterocycles. The molecule has 0 unspecified atom stereocenters. The summed E-state index contributed by atoms with van der Waals surface area (Å²) in [5, 5.41) is 0. The van der Waals surface area contributed by atoms with Crippen LogP contribution in [-0.2, 0) is 24.2 Å². The van der Waals surface area contributed by atoms with Crippen LogP contribution < -0.4 is 4.74 Å². The Morgan fingerprint density at radius 2 is 2.16 bits per heavy atom. The van der Waals surface area contributed by atoms with Crippen LogP contribution in [0.15, 0.2) is 47.1 Å². The van der Waals surface area contributed by atoms with Crippen LogP contribution in [0.2, 0.25) is 0 Å². The van der Waals surface area contributed by atoms with Crippen molar-refractivity contribution in [1.82, 2.24) is 9.88 Å². The first-order valence-corrected chi connectivity index (χ1v) is 11.9. The summed E-state index contributed by atoms with van der Waals surface area (Å²) in [6.45, 7) is 8.47. The van der Waals surface area contributed by atoms with Gasteiger partial charge in [-0.3, -0.25) is 4.79 Å². The molecular formula is C27H36N2O3. The van der Waals surface area contributed by atoms with E-state index in [1.165, 1.54) is 11.1 Å². The first-order valence-electron chi connectivity index (χ1n) is 11.9. The number of amides is 1. The van der Waals surface area contributed by atoms with Gasteiger partial charge in [0.25, 0.3) is 0 Å². The first kappa shape index (κ1) is 23.8. The number of oxazole rings is 1. The second kappa shape index (κ2) is 12.3. The number of nitrogens with zero attached hydrogens (tertiary/aromatic N) is 2. The van der Waals surface area contributed by atoms with E-state index in [0.29, 0.717) is 31.4 Å². The topological polar surface area (TPSA) is 55.6 Å². The number of benzene rings is 1. The number of unbranched alkanes of at least 4 members (excludes halogenated alkanes) is 2. The number of ether oxygens (including phenoxy) is 1. The Bertz CT molecular complexity index is 927. The third-order valence-corrected chi connectivity index (χ3v) is 5.55. The van der Waals surface area contributed by atoms with E-state index in [-0.39, 0.29) is 5.91 Å². The lowest BCUT2D eigenvalue weighted by molar-refractivity contribution is -0.126. The predicted octanol–water partition coefficient (Wildman–Crippen LogP) is 5.99. The fourth-order valence-electron chi connectivity index (χ4n) is 3.65. The van der Waals surface area contributed by atoms with Crippen molar-refractivity contribution in [2.45, 2.75) is 65.8 Å². The maximum Gasteiger partial charge on any atom is 0.246 e. The molecule has 0 bridgehead atoms. The van der Waals surface area contributed by atoms with Crippen molar-refractivity contribution in [2.75, 3.05) is 13.2 Å². The van der Waals surface area contributed by atoms with Crippen molar-refractivity contribution >= 4 is 12.0 Å². The molecule has 0 radical (unpaired) electrons. The lowest BCUT2D eigenvalue weighted by Crippen LogP contribution is -2.34. The highest BCUT2D eigenvalue weighted by molar-refractivity contribution is 5.87. The highest BCUT2D eigenvalue weighted by Gasteiger charge is 2.19. The Morgan fingerprint density at radius 3 is 2.97 bits per heavy atom. The van der Waals surface area contributed by atoms with Gasteiger partial charge < -0.3 is 14.1 Å². The highest BCUT2D eigenvalue weighted by atomic mass is 16.5. The number of aromatic nitrogens is 1. The molecule has 1 amide bonds. The molecule has 2 heterocycles. The summed E-state index contributed by atoms with van der Waals surface area (Å²) in [5.74, 6) is 2.19. The van der Waals surface area contributed by atoms with E-state index in [1.54, 1.807) is 12.3 Å². The second-order valence-electron chi connectivity index (χ2n) is 8.79. The maximum atomic E-state index is 12.5. The van der Waals surface area contributed by atoms with Gasteiger partial charge in [0, 0.05) is 19.5 Å². The van der Waals surface area contributed by atoms with Gasteiger partial charge in [-0.05, 0) is 60.6 Å². The summed E-state index contributed by atoms with van der Waals surface area (Å²) in [5.41, 5.74) is 3.35. The summed E-state index contributed by atoms with van der Waals surface area (Å²) in [6, 6.07) is 6.21. The van der Waals surface area contributed by atoms with E-state index in [1.807, 2.05) is 23.1 Å². The zero-order valence-corrected chi connectivity index (χ0v) is 19.7. The maximum absolute atomic E-state index is 12.5. The fourth-order valence-corrected chi connectivity index (χ4v) is 3.65. The number of rotatable bonds is 11. The van der Waals surface area contributed by atoms with Crippen LogP contribution in [0.25, 0.3) is 6.08 Å². The number of hydrogen-bond acceptors (Lipinski definition) is 4. The fraction of sp³-hybridized carbons (Fsp3) is 0.481. The monoisotopic (exact) mass is 436 g/mol. The molecule has 2 aromatic rings. The van der Waals surface area contributed by atoms with Gasteiger partial charge in [0.1, 0.15) is 12.0 Å². The molecule has 0 fully saturated rings. The highest BCUT2D eigenvalue weighted by Crippen LogP contribution is 2.24. The molecule has 5 nitrogen and oxygen atoms in total. The van der Waals surface area contributed by atoms with Crippen molar-refractivity contribution in [3.8, 4) is 5.75 Å². The van der Waals surface area contributed by atoms with Crippen LogP contribution in [0.3, 0.4) is 0 Å². The minimum Gasteiger partial charge on any atom is -0.493 e. The second-order valence-corrected chi connectivity index (χ2v) is 8.79. The number of hydrogen-bond donors (Lipinski definition) is 0. The summed E-state index contributed by atoms with van der Waals surface area (Å²) in [7, 11) is 0. The molecule has 172 valence electrons. The molecule has 5 heteroatoms. The van der Waals surface area contributed by atoms with E-state index in [9.17, 15) is 4.79 Å². The van der Waals surface area contributed by atoms with Gasteiger partial charge in [-0.25, -0.2) is 4.98 Å². The van der Waals surface area contributed by atoms with Crippen LogP contribution >= 0.6 is 0 Å². The lowest BCUT2D eigenvalue weighted by Gasteiger charge is -2.28. The van der Waals surface area contributed by atoms with Crippen molar-refractivity contribution in [3.05, 3.63) is 65.4 Å².